The predicted octanol–water partition coefficient (Wildman–Crippen LogP) is 3.77. The van der Waals surface area contributed by atoms with Crippen molar-refractivity contribution < 1.29 is 4.74 Å². The van der Waals surface area contributed by atoms with E-state index in [-0.39, 0.29) is 0 Å². The summed E-state index contributed by atoms with van der Waals surface area (Å²) in [5.74, 6) is 7.45. The summed E-state index contributed by atoms with van der Waals surface area (Å²) >= 11 is 5.59. The number of pyridine rings is 1. The summed E-state index contributed by atoms with van der Waals surface area (Å²) in [5, 5.41) is 0. The van der Waals surface area contributed by atoms with Crippen LogP contribution < -0.4 is 4.74 Å². The van der Waals surface area contributed by atoms with Gasteiger partial charge in [-0.2, -0.15) is 0 Å². The van der Waals surface area contributed by atoms with Gasteiger partial charge in [0.05, 0.1) is 12.3 Å². The minimum absolute atomic E-state index is 0.353. The predicted molar refractivity (Wildman–Crippen MR) is 74.0 cm³/mol. The van der Waals surface area contributed by atoms with Gasteiger partial charge in [0.25, 0.3) is 0 Å². The first-order valence-corrected chi connectivity index (χ1v) is 7.08. The zero-order chi connectivity index (χ0) is 12.6. The summed E-state index contributed by atoms with van der Waals surface area (Å²) in [4.78, 5) is 4.17. The number of rotatable bonds is 3. The maximum absolute atomic E-state index is 5.95. The van der Waals surface area contributed by atoms with Crippen LogP contribution in [0.15, 0.2) is 18.5 Å². The maximum atomic E-state index is 5.95. The first kappa shape index (κ1) is 13.2. The van der Waals surface area contributed by atoms with Gasteiger partial charge in [0.2, 0.25) is 0 Å². The van der Waals surface area contributed by atoms with E-state index in [1.807, 2.05) is 6.07 Å². The standard InChI is InChI=1S/C15H18ClNO/c16-9-5-4-6-13-10-15(12-17-11-13)18-14-7-2-1-3-8-14/h10-12,14H,1-3,5,7-9H2. The summed E-state index contributed by atoms with van der Waals surface area (Å²) in [7, 11) is 0. The molecule has 0 saturated heterocycles. The number of halogens is 1. The van der Waals surface area contributed by atoms with Gasteiger partial charge < -0.3 is 4.74 Å². The van der Waals surface area contributed by atoms with Crippen LogP contribution in [0.1, 0.15) is 44.1 Å². The Hall–Kier alpha value is -1.20. The highest BCUT2D eigenvalue weighted by molar-refractivity contribution is 6.18. The van der Waals surface area contributed by atoms with Crippen LogP contribution in [-0.4, -0.2) is 17.0 Å². The molecule has 0 amide bonds. The fourth-order valence-corrected chi connectivity index (χ4v) is 2.23. The smallest absolute Gasteiger partial charge is 0.139 e. The first-order valence-electron chi connectivity index (χ1n) is 6.55. The lowest BCUT2D eigenvalue weighted by atomic mass is 9.98. The second-order valence-corrected chi connectivity index (χ2v) is 4.91. The van der Waals surface area contributed by atoms with Gasteiger partial charge in [-0.25, -0.2) is 0 Å². The van der Waals surface area contributed by atoms with Crippen LogP contribution in [-0.2, 0) is 0 Å². The Balaban J connectivity index is 1.96. The van der Waals surface area contributed by atoms with Crippen LogP contribution in [0.25, 0.3) is 0 Å². The van der Waals surface area contributed by atoms with Gasteiger partial charge in [0.15, 0.2) is 0 Å². The fourth-order valence-electron chi connectivity index (χ4n) is 2.14. The molecule has 1 aliphatic carbocycles. The third-order valence-electron chi connectivity index (χ3n) is 3.02. The number of nitrogens with zero attached hydrogens (tertiary/aromatic N) is 1. The van der Waals surface area contributed by atoms with Crippen LogP contribution in [0.4, 0.5) is 0 Å². The molecule has 1 fully saturated rings. The van der Waals surface area contributed by atoms with E-state index in [4.69, 9.17) is 16.3 Å². The van der Waals surface area contributed by atoms with Gasteiger partial charge in [-0.3, -0.25) is 4.98 Å². The molecule has 0 unspecified atom stereocenters. The molecule has 2 rings (SSSR count). The highest BCUT2D eigenvalue weighted by Crippen LogP contribution is 2.23. The van der Waals surface area contributed by atoms with Gasteiger partial charge in [0, 0.05) is 24.1 Å². The minimum atomic E-state index is 0.353. The van der Waals surface area contributed by atoms with Crippen molar-refractivity contribution in [3.05, 3.63) is 24.0 Å². The van der Waals surface area contributed by atoms with Gasteiger partial charge in [0.1, 0.15) is 5.75 Å². The molecule has 3 heteroatoms. The van der Waals surface area contributed by atoms with Crippen molar-refractivity contribution in [3.63, 3.8) is 0 Å². The highest BCUT2D eigenvalue weighted by Gasteiger charge is 2.14. The molecule has 1 aromatic heterocycles. The van der Waals surface area contributed by atoms with Crippen molar-refractivity contribution >= 4 is 11.6 Å². The Labute approximate surface area is 114 Å². The Kier molecular flexibility index (Phi) is 5.36. The number of ether oxygens (including phenoxy) is 1. The van der Waals surface area contributed by atoms with Crippen molar-refractivity contribution in [2.75, 3.05) is 5.88 Å². The van der Waals surface area contributed by atoms with Crippen molar-refractivity contribution in [1.29, 1.82) is 0 Å². The largest absolute Gasteiger partial charge is 0.489 e. The van der Waals surface area contributed by atoms with Gasteiger partial charge >= 0.3 is 0 Å². The highest BCUT2D eigenvalue weighted by atomic mass is 35.5. The zero-order valence-corrected chi connectivity index (χ0v) is 11.2. The maximum Gasteiger partial charge on any atom is 0.139 e. The molecule has 0 aromatic carbocycles. The second kappa shape index (κ2) is 7.28. The number of aromatic nitrogens is 1. The summed E-state index contributed by atoms with van der Waals surface area (Å²) in [5.41, 5.74) is 0.897. The lowest BCUT2D eigenvalue weighted by Gasteiger charge is -2.22. The molecule has 0 N–H and O–H groups in total. The summed E-state index contributed by atoms with van der Waals surface area (Å²) in [6.07, 6.45) is 10.8. The molecule has 1 aromatic rings. The third-order valence-corrected chi connectivity index (χ3v) is 3.21. The molecule has 0 bridgehead atoms. The first-order chi connectivity index (χ1) is 8.88. The van der Waals surface area contributed by atoms with Crippen LogP contribution in [0.3, 0.4) is 0 Å². The SMILES string of the molecule is ClCCC#Cc1cncc(OC2CCCCC2)c1. The van der Waals surface area contributed by atoms with E-state index in [9.17, 15) is 0 Å². The Morgan fingerprint density at radius 2 is 2.11 bits per heavy atom. The molecule has 1 aliphatic rings. The lowest BCUT2D eigenvalue weighted by molar-refractivity contribution is 0.154. The minimum Gasteiger partial charge on any atom is -0.489 e. The van der Waals surface area contributed by atoms with E-state index in [2.05, 4.69) is 16.8 Å². The molecular formula is C15H18ClNO. The van der Waals surface area contributed by atoms with Crippen LogP contribution in [0.5, 0.6) is 5.75 Å². The molecule has 0 atom stereocenters. The van der Waals surface area contributed by atoms with E-state index in [1.165, 1.54) is 19.3 Å². The molecule has 1 saturated carbocycles. The van der Waals surface area contributed by atoms with Crippen LogP contribution in [0, 0.1) is 11.8 Å². The molecule has 2 nitrogen and oxygen atoms in total. The van der Waals surface area contributed by atoms with Crippen LogP contribution in [0.2, 0.25) is 0 Å². The topological polar surface area (TPSA) is 22.1 Å². The van der Waals surface area contributed by atoms with Crippen molar-refractivity contribution in [2.45, 2.75) is 44.6 Å². The zero-order valence-electron chi connectivity index (χ0n) is 10.5. The molecule has 0 aliphatic heterocycles. The monoisotopic (exact) mass is 263 g/mol. The Bertz CT molecular complexity index is 430. The molecule has 1 heterocycles. The van der Waals surface area contributed by atoms with E-state index < -0.39 is 0 Å². The van der Waals surface area contributed by atoms with Crippen LogP contribution >= 0.6 is 11.6 Å². The van der Waals surface area contributed by atoms with E-state index in [0.29, 0.717) is 18.4 Å². The Morgan fingerprint density at radius 3 is 2.89 bits per heavy atom. The quantitative estimate of drug-likeness (QED) is 0.612. The second-order valence-electron chi connectivity index (χ2n) is 4.53. The van der Waals surface area contributed by atoms with Crippen molar-refractivity contribution in [2.24, 2.45) is 0 Å². The lowest BCUT2D eigenvalue weighted by Crippen LogP contribution is -2.19. The fraction of sp³-hybridized carbons (Fsp3) is 0.533. The van der Waals surface area contributed by atoms with Crippen molar-refractivity contribution in [3.8, 4) is 17.6 Å². The molecule has 96 valence electrons. The average molecular weight is 264 g/mol. The normalized spacial score (nSPS) is 15.8. The van der Waals surface area contributed by atoms with E-state index in [1.54, 1.807) is 12.4 Å². The number of hydrogen-bond acceptors (Lipinski definition) is 2. The number of alkyl halides is 1. The number of hydrogen-bond donors (Lipinski definition) is 0. The molecule has 0 spiro atoms. The molecule has 18 heavy (non-hydrogen) atoms. The molecule has 0 radical (unpaired) electrons. The summed E-state index contributed by atoms with van der Waals surface area (Å²) in [6.45, 7) is 0. The summed E-state index contributed by atoms with van der Waals surface area (Å²) in [6, 6.07) is 1.96. The average Bonchev–Trinajstić information content (AvgIpc) is 2.41. The molecular weight excluding hydrogens is 246 g/mol. The Morgan fingerprint density at radius 1 is 1.28 bits per heavy atom. The third kappa shape index (κ3) is 4.23. The summed E-state index contributed by atoms with van der Waals surface area (Å²) < 4.78 is 5.95. The van der Waals surface area contributed by atoms with E-state index in [0.717, 1.165) is 24.2 Å². The van der Waals surface area contributed by atoms with Gasteiger partial charge in [-0.15, -0.1) is 11.6 Å². The van der Waals surface area contributed by atoms with Gasteiger partial charge in [-0.05, 0) is 31.7 Å². The van der Waals surface area contributed by atoms with Gasteiger partial charge in [-0.1, -0.05) is 18.3 Å². The van der Waals surface area contributed by atoms with E-state index >= 15 is 0 Å². The van der Waals surface area contributed by atoms with Crippen molar-refractivity contribution in [1.82, 2.24) is 4.98 Å².